The molecule has 4 atom stereocenters. The summed E-state index contributed by atoms with van der Waals surface area (Å²) in [4.78, 5) is 70.3. The Morgan fingerprint density at radius 1 is 0.719 bits per heavy atom. The van der Waals surface area contributed by atoms with Crippen molar-refractivity contribution < 1.29 is 44.1 Å². The van der Waals surface area contributed by atoms with E-state index < -0.39 is 78.6 Å². The van der Waals surface area contributed by atoms with Crippen molar-refractivity contribution in [3.8, 4) is 0 Å². The molecule has 0 spiro atoms. The standard InChI is InChI=1S/C19H32N4O9/c1-8(2)5-11(17(29)22-12(19(31)32)7-14(26)27)21-18(30)15(9(3)4)23-16(28)10(20)6-13(24)25/h8-12,15H,5-7,20H2,1-4H3,(H,21,30)(H,22,29)(H,23,28)(H,24,25)(H,26,27)(H,31,32). The summed E-state index contributed by atoms with van der Waals surface area (Å²) in [6.45, 7) is 6.73. The highest BCUT2D eigenvalue weighted by Crippen LogP contribution is 2.09. The van der Waals surface area contributed by atoms with Gasteiger partial charge in [0.1, 0.15) is 18.1 Å². The Hall–Kier alpha value is -3.22. The lowest BCUT2D eigenvalue weighted by atomic mass is 9.99. The number of hydrogen-bond donors (Lipinski definition) is 7. The van der Waals surface area contributed by atoms with Gasteiger partial charge in [0.2, 0.25) is 17.7 Å². The normalized spacial score (nSPS) is 14.7. The highest BCUT2D eigenvalue weighted by atomic mass is 16.4. The predicted octanol–water partition coefficient (Wildman–Crippen LogP) is -1.50. The van der Waals surface area contributed by atoms with E-state index >= 15 is 0 Å². The lowest BCUT2D eigenvalue weighted by Crippen LogP contribution is -2.58. The summed E-state index contributed by atoms with van der Waals surface area (Å²) < 4.78 is 0. The number of carbonyl (C=O) groups is 6. The van der Waals surface area contributed by atoms with Crippen LogP contribution in [0, 0.1) is 11.8 Å². The minimum Gasteiger partial charge on any atom is -0.481 e. The summed E-state index contributed by atoms with van der Waals surface area (Å²) >= 11 is 0. The summed E-state index contributed by atoms with van der Waals surface area (Å²) in [5.74, 6) is -7.35. The number of aliphatic carboxylic acids is 3. The maximum atomic E-state index is 12.8. The molecule has 32 heavy (non-hydrogen) atoms. The fourth-order valence-corrected chi connectivity index (χ4v) is 2.69. The molecule has 0 heterocycles. The Morgan fingerprint density at radius 3 is 1.62 bits per heavy atom. The van der Waals surface area contributed by atoms with E-state index in [4.69, 9.17) is 21.1 Å². The van der Waals surface area contributed by atoms with E-state index in [1.807, 2.05) is 0 Å². The molecule has 0 saturated carbocycles. The second-order valence-electron chi connectivity index (χ2n) is 8.12. The highest BCUT2D eigenvalue weighted by molar-refractivity contribution is 5.95. The predicted molar refractivity (Wildman–Crippen MR) is 110 cm³/mol. The molecule has 8 N–H and O–H groups in total. The first-order chi connectivity index (χ1) is 14.6. The average molecular weight is 460 g/mol. The molecule has 0 bridgehead atoms. The molecule has 3 amide bonds. The molecule has 0 fully saturated rings. The van der Waals surface area contributed by atoms with Crippen LogP contribution in [0.4, 0.5) is 0 Å². The maximum Gasteiger partial charge on any atom is 0.326 e. The molecule has 0 aliphatic rings. The SMILES string of the molecule is CC(C)CC(NC(=O)C(NC(=O)C(N)CC(=O)O)C(C)C)C(=O)NC(CC(=O)O)C(=O)O. The molecule has 13 heteroatoms. The van der Waals surface area contributed by atoms with Crippen LogP contribution in [0.5, 0.6) is 0 Å². The van der Waals surface area contributed by atoms with Crippen LogP contribution in [0.3, 0.4) is 0 Å². The molecule has 0 aliphatic carbocycles. The van der Waals surface area contributed by atoms with E-state index in [-0.39, 0.29) is 12.3 Å². The van der Waals surface area contributed by atoms with Crippen LogP contribution in [-0.2, 0) is 28.8 Å². The second kappa shape index (κ2) is 13.2. The third-order valence-electron chi connectivity index (χ3n) is 4.31. The fraction of sp³-hybridized carbons (Fsp3) is 0.684. The van der Waals surface area contributed by atoms with Gasteiger partial charge in [-0.2, -0.15) is 0 Å². The van der Waals surface area contributed by atoms with Crippen LogP contribution >= 0.6 is 0 Å². The smallest absolute Gasteiger partial charge is 0.326 e. The molecule has 0 aromatic carbocycles. The van der Waals surface area contributed by atoms with E-state index in [0.717, 1.165) is 0 Å². The summed E-state index contributed by atoms with van der Waals surface area (Å²) in [5, 5.41) is 33.6. The van der Waals surface area contributed by atoms with Gasteiger partial charge in [0.25, 0.3) is 0 Å². The minimum absolute atomic E-state index is 0.105. The van der Waals surface area contributed by atoms with Gasteiger partial charge in [-0.25, -0.2) is 4.79 Å². The number of carbonyl (C=O) groups excluding carboxylic acids is 3. The van der Waals surface area contributed by atoms with Crippen LogP contribution < -0.4 is 21.7 Å². The summed E-state index contributed by atoms with van der Waals surface area (Å²) in [5.41, 5.74) is 5.51. The van der Waals surface area contributed by atoms with Gasteiger partial charge in [0.05, 0.1) is 18.9 Å². The van der Waals surface area contributed by atoms with Gasteiger partial charge in [0, 0.05) is 0 Å². The highest BCUT2D eigenvalue weighted by Gasteiger charge is 2.32. The van der Waals surface area contributed by atoms with Crippen LogP contribution in [-0.4, -0.2) is 75.1 Å². The second-order valence-corrected chi connectivity index (χ2v) is 8.12. The van der Waals surface area contributed by atoms with Crippen molar-refractivity contribution in [2.45, 2.75) is 71.1 Å². The molecule has 0 aliphatic heterocycles. The zero-order valence-electron chi connectivity index (χ0n) is 18.5. The minimum atomic E-state index is -1.69. The van der Waals surface area contributed by atoms with Gasteiger partial charge >= 0.3 is 17.9 Å². The topological polar surface area (TPSA) is 225 Å². The summed E-state index contributed by atoms with van der Waals surface area (Å²) in [6.07, 6.45) is -1.39. The molecule has 0 aromatic rings. The third kappa shape index (κ3) is 10.7. The van der Waals surface area contributed by atoms with Crippen molar-refractivity contribution in [1.29, 1.82) is 0 Å². The largest absolute Gasteiger partial charge is 0.481 e. The van der Waals surface area contributed by atoms with Crippen LogP contribution in [0.1, 0.15) is 47.0 Å². The summed E-state index contributed by atoms with van der Waals surface area (Å²) in [6, 6.07) is -5.44. The van der Waals surface area contributed by atoms with E-state index in [1.165, 1.54) is 0 Å². The maximum absolute atomic E-state index is 12.8. The summed E-state index contributed by atoms with van der Waals surface area (Å²) in [7, 11) is 0. The molecule has 0 radical (unpaired) electrons. The first-order valence-electron chi connectivity index (χ1n) is 9.98. The van der Waals surface area contributed by atoms with Gasteiger partial charge in [0.15, 0.2) is 0 Å². The number of amides is 3. The zero-order chi connectivity index (χ0) is 25.2. The number of carboxylic acid groups (broad SMARTS) is 3. The van der Waals surface area contributed by atoms with Crippen LogP contribution in [0.25, 0.3) is 0 Å². The van der Waals surface area contributed by atoms with Gasteiger partial charge in [-0.05, 0) is 18.3 Å². The Labute approximate surface area is 185 Å². The number of carboxylic acids is 3. The van der Waals surface area contributed by atoms with Gasteiger partial charge < -0.3 is 37.0 Å². The van der Waals surface area contributed by atoms with E-state index in [2.05, 4.69) is 16.0 Å². The Bertz CT molecular complexity index is 724. The van der Waals surface area contributed by atoms with Crippen molar-refractivity contribution in [2.24, 2.45) is 17.6 Å². The lowest BCUT2D eigenvalue weighted by Gasteiger charge is -2.27. The molecular weight excluding hydrogens is 428 g/mol. The molecule has 0 saturated heterocycles. The first-order valence-corrected chi connectivity index (χ1v) is 9.98. The Balaban J connectivity index is 5.46. The Kier molecular flexibility index (Phi) is 11.9. The molecule has 0 aromatic heterocycles. The average Bonchev–Trinajstić information content (AvgIpc) is 2.62. The molecule has 4 unspecified atom stereocenters. The van der Waals surface area contributed by atoms with Crippen LogP contribution in [0.2, 0.25) is 0 Å². The Morgan fingerprint density at radius 2 is 1.22 bits per heavy atom. The number of nitrogens with two attached hydrogens (primary N) is 1. The van der Waals surface area contributed by atoms with Gasteiger partial charge in [-0.1, -0.05) is 27.7 Å². The van der Waals surface area contributed by atoms with Crippen LogP contribution in [0.15, 0.2) is 0 Å². The van der Waals surface area contributed by atoms with Crippen molar-refractivity contribution in [3.63, 3.8) is 0 Å². The molecule has 13 nitrogen and oxygen atoms in total. The zero-order valence-corrected chi connectivity index (χ0v) is 18.5. The van der Waals surface area contributed by atoms with Crippen molar-refractivity contribution in [2.75, 3.05) is 0 Å². The molecular formula is C19H32N4O9. The molecule has 182 valence electrons. The van der Waals surface area contributed by atoms with Crippen molar-refractivity contribution in [3.05, 3.63) is 0 Å². The van der Waals surface area contributed by atoms with Crippen molar-refractivity contribution in [1.82, 2.24) is 16.0 Å². The van der Waals surface area contributed by atoms with Crippen molar-refractivity contribution >= 4 is 35.6 Å². The van der Waals surface area contributed by atoms with Gasteiger partial charge in [-0.15, -0.1) is 0 Å². The van der Waals surface area contributed by atoms with Gasteiger partial charge in [-0.3, -0.25) is 24.0 Å². The fourth-order valence-electron chi connectivity index (χ4n) is 2.69. The number of hydrogen-bond acceptors (Lipinski definition) is 7. The van der Waals surface area contributed by atoms with E-state index in [9.17, 15) is 28.8 Å². The third-order valence-corrected chi connectivity index (χ3v) is 4.31. The molecule has 0 rings (SSSR count). The first kappa shape index (κ1) is 28.8. The number of rotatable bonds is 14. The monoisotopic (exact) mass is 460 g/mol. The quantitative estimate of drug-likeness (QED) is 0.159. The lowest BCUT2D eigenvalue weighted by molar-refractivity contribution is -0.147. The van der Waals surface area contributed by atoms with E-state index in [1.54, 1.807) is 27.7 Å². The van der Waals surface area contributed by atoms with E-state index in [0.29, 0.717) is 0 Å². The number of nitrogens with one attached hydrogen (secondary N) is 3.